The summed E-state index contributed by atoms with van der Waals surface area (Å²) in [6.45, 7) is 0. The summed E-state index contributed by atoms with van der Waals surface area (Å²) in [5.74, 6) is 0. The van der Waals surface area contributed by atoms with Crippen LogP contribution in [0.2, 0.25) is 0 Å². The Labute approximate surface area is 142 Å². The number of allylic oxidation sites excluding steroid dienone is 12. The van der Waals surface area contributed by atoms with Gasteiger partial charge < -0.3 is 0 Å². The van der Waals surface area contributed by atoms with Gasteiger partial charge in [0.05, 0.1) is 0 Å². The molecule has 24 heavy (non-hydrogen) atoms. The van der Waals surface area contributed by atoms with E-state index in [2.05, 4.69) is 36.5 Å². The third-order valence-corrected chi connectivity index (χ3v) is 6.82. The van der Waals surface area contributed by atoms with Crippen molar-refractivity contribution in [1.82, 2.24) is 0 Å². The molecule has 0 nitrogen and oxygen atoms in total. The topological polar surface area (TPSA) is 0 Å². The fraction of sp³-hybridized carbons (Fsp3) is 0.250. The van der Waals surface area contributed by atoms with Crippen LogP contribution in [0.3, 0.4) is 0 Å². The number of hydrogen-bond donors (Lipinski definition) is 0. The molecule has 0 saturated heterocycles. The van der Waals surface area contributed by atoms with Crippen molar-refractivity contribution in [2.24, 2.45) is 0 Å². The zero-order chi connectivity index (χ0) is 15.4. The van der Waals surface area contributed by atoms with E-state index in [-0.39, 0.29) is 0 Å². The van der Waals surface area contributed by atoms with E-state index < -0.39 is 0 Å². The number of benzene rings is 1. The molecule has 1 aromatic carbocycles. The maximum Gasteiger partial charge on any atom is -0.00102 e. The first kappa shape index (κ1) is 12.1. The second-order valence-electron chi connectivity index (χ2n) is 7.84. The highest BCUT2D eigenvalue weighted by Gasteiger charge is 2.41. The molecule has 0 unspecified atom stereocenters. The van der Waals surface area contributed by atoms with Crippen molar-refractivity contribution in [3.63, 3.8) is 0 Å². The average Bonchev–Trinajstić information content (AvgIpc) is 3.32. The highest BCUT2D eigenvalue weighted by Crippen LogP contribution is 2.57. The van der Waals surface area contributed by atoms with E-state index in [9.17, 15) is 0 Å². The minimum atomic E-state index is 1.13. The zero-order valence-electron chi connectivity index (χ0n) is 13.7. The van der Waals surface area contributed by atoms with Crippen LogP contribution in [0.25, 0.3) is 16.7 Å². The van der Waals surface area contributed by atoms with Gasteiger partial charge in [0.15, 0.2) is 0 Å². The highest BCUT2D eigenvalue weighted by atomic mass is 14.4. The Balaban J connectivity index is 1.66. The molecule has 0 atom stereocenters. The lowest BCUT2D eigenvalue weighted by Crippen LogP contribution is -2.01. The molecule has 0 spiro atoms. The summed E-state index contributed by atoms with van der Waals surface area (Å²) in [6.07, 6.45) is 21.7. The van der Waals surface area contributed by atoms with Gasteiger partial charge in [-0.15, -0.1) is 0 Å². The first-order chi connectivity index (χ1) is 11.9. The minimum absolute atomic E-state index is 1.13. The molecule has 0 N–H and O–H groups in total. The third kappa shape index (κ3) is 1.20. The first-order valence-electron chi connectivity index (χ1n) is 9.30. The van der Waals surface area contributed by atoms with Crippen LogP contribution in [0.5, 0.6) is 0 Å². The Hall–Kier alpha value is -2.34. The normalized spacial score (nSPS) is 23.5. The monoisotopic (exact) mass is 306 g/mol. The van der Waals surface area contributed by atoms with Crippen LogP contribution in [-0.2, 0) is 19.3 Å². The van der Waals surface area contributed by atoms with Crippen molar-refractivity contribution in [3.8, 4) is 0 Å². The van der Waals surface area contributed by atoms with Crippen molar-refractivity contribution in [2.75, 3.05) is 0 Å². The van der Waals surface area contributed by atoms with E-state index in [0.29, 0.717) is 0 Å². The van der Waals surface area contributed by atoms with E-state index in [1.165, 1.54) is 19.3 Å². The van der Waals surface area contributed by atoms with Crippen molar-refractivity contribution < 1.29 is 0 Å². The van der Waals surface area contributed by atoms with Gasteiger partial charge in [-0.2, -0.15) is 0 Å². The molecule has 0 fully saturated rings. The molecule has 0 radical (unpaired) electrons. The van der Waals surface area contributed by atoms with Crippen LogP contribution < -0.4 is 0 Å². The molecule has 0 bridgehead atoms. The molecule has 0 amide bonds. The number of fused-ring (bicyclic) bond motifs is 12. The van der Waals surface area contributed by atoms with Gasteiger partial charge in [0, 0.05) is 0 Å². The average molecular weight is 306 g/mol. The van der Waals surface area contributed by atoms with Crippen LogP contribution in [0.1, 0.15) is 52.6 Å². The summed E-state index contributed by atoms with van der Waals surface area (Å²) in [6, 6.07) is 0. The smallest absolute Gasteiger partial charge is 0.00102 e. The Bertz CT molecular complexity index is 914. The molecule has 0 heteroatoms. The summed E-state index contributed by atoms with van der Waals surface area (Å²) < 4.78 is 0. The Morgan fingerprint density at radius 1 is 0.417 bits per heavy atom. The molecule has 114 valence electrons. The Morgan fingerprint density at radius 3 is 1.08 bits per heavy atom. The predicted octanol–water partition coefficient (Wildman–Crippen LogP) is 5.50. The molecule has 6 aliphatic rings. The SMILES string of the molecule is C1=C2Cc3c(c4c(c5c3C3=CCC=C3C5)C3=CCC=C3C4)C2=CC1. The minimum Gasteiger partial charge on any atom is -0.0766 e. The van der Waals surface area contributed by atoms with Crippen molar-refractivity contribution in [1.29, 1.82) is 0 Å². The van der Waals surface area contributed by atoms with Crippen LogP contribution in [0.15, 0.2) is 53.2 Å². The Morgan fingerprint density at radius 2 is 0.750 bits per heavy atom. The van der Waals surface area contributed by atoms with Gasteiger partial charge in [-0.25, -0.2) is 0 Å². The maximum absolute atomic E-state index is 2.47. The van der Waals surface area contributed by atoms with E-state index in [4.69, 9.17) is 0 Å². The van der Waals surface area contributed by atoms with E-state index in [0.717, 1.165) is 19.3 Å². The highest BCUT2D eigenvalue weighted by molar-refractivity contribution is 6.04. The van der Waals surface area contributed by atoms with E-state index in [1.54, 1.807) is 66.8 Å². The van der Waals surface area contributed by atoms with Crippen LogP contribution in [0.4, 0.5) is 0 Å². The van der Waals surface area contributed by atoms with Gasteiger partial charge in [0.1, 0.15) is 0 Å². The van der Waals surface area contributed by atoms with Crippen LogP contribution in [0, 0.1) is 0 Å². The first-order valence-corrected chi connectivity index (χ1v) is 9.30. The zero-order valence-corrected chi connectivity index (χ0v) is 13.7. The van der Waals surface area contributed by atoms with Gasteiger partial charge >= 0.3 is 0 Å². The standard InChI is InChI=1S/C24H18/c1-4-13-10-19-22(16(13)7-1)20-11-14-5-2-9-18(14)24(20)21-12-15-6-3-8-17(15)23(19)21/h4-9H,1-3,10-12H2. The molecular weight excluding hydrogens is 288 g/mol. The van der Waals surface area contributed by atoms with Crippen molar-refractivity contribution in [2.45, 2.75) is 38.5 Å². The lowest BCUT2D eigenvalue weighted by atomic mass is 9.87. The summed E-state index contributed by atoms with van der Waals surface area (Å²) in [7, 11) is 0. The summed E-state index contributed by atoms with van der Waals surface area (Å²) in [5, 5.41) is 0. The third-order valence-electron chi connectivity index (χ3n) is 6.82. The van der Waals surface area contributed by atoms with Gasteiger partial charge in [-0.05, 0) is 105 Å². The molecule has 0 aliphatic heterocycles. The quantitative estimate of drug-likeness (QED) is 0.594. The second kappa shape index (κ2) is 3.83. The summed E-state index contributed by atoms with van der Waals surface area (Å²) in [4.78, 5) is 0. The molecule has 0 heterocycles. The molecule has 7 rings (SSSR count). The number of hydrogen-bond acceptors (Lipinski definition) is 0. The maximum atomic E-state index is 2.47. The Kier molecular flexibility index (Phi) is 1.93. The van der Waals surface area contributed by atoms with Crippen LogP contribution >= 0.6 is 0 Å². The fourth-order valence-electron chi connectivity index (χ4n) is 5.97. The summed E-state index contributed by atoms with van der Waals surface area (Å²) in [5.41, 5.74) is 19.3. The van der Waals surface area contributed by atoms with Gasteiger partial charge in [0.25, 0.3) is 0 Å². The molecule has 0 aromatic heterocycles. The lowest BCUT2D eigenvalue weighted by Gasteiger charge is -2.16. The molecule has 6 aliphatic carbocycles. The molecule has 1 aromatic rings. The molecule has 0 saturated carbocycles. The largest absolute Gasteiger partial charge is 0.0766 e. The predicted molar refractivity (Wildman–Crippen MR) is 99.6 cm³/mol. The van der Waals surface area contributed by atoms with Crippen molar-refractivity contribution >= 4 is 16.7 Å². The van der Waals surface area contributed by atoms with Crippen molar-refractivity contribution in [3.05, 3.63) is 86.6 Å². The van der Waals surface area contributed by atoms with Gasteiger partial charge in [-0.3, -0.25) is 0 Å². The fourth-order valence-corrected chi connectivity index (χ4v) is 5.97. The second-order valence-corrected chi connectivity index (χ2v) is 7.84. The van der Waals surface area contributed by atoms with E-state index in [1.807, 2.05) is 0 Å². The summed E-state index contributed by atoms with van der Waals surface area (Å²) >= 11 is 0. The van der Waals surface area contributed by atoms with Gasteiger partial charge in [0.2, 0.25) is 0 Å². The lowest BCUT2D eigenvalue weighted by molar-refractivity contribution is 1.15. The van der Waals surface area contributed by atoms with Crippen LogP contribution in [-0.4, -0.2) is 0 Å². The molecular formula is C24H18. The van der Waals surface area contributed by atoms with E-state index >= 15 is 0 Å². The van der Waals surface area contributed by atoms with Gasteiger partial charge in [-0.1, -0.05) is 36.5 Å². The number of rotatable bonds is 0.